The molecular weight excluding hydrogens is 579 g/mol. The van der Waals surface area contributed by atoms with E-state index in [4.69, 9.17) is 19.5 Å². The van der Waals surface area contributed by atoms with Gasteiger partial charge in [0.2, 0.25) is 6.41 Å². The summed E-state index contributed by atoms with van der Waals surface area (Å²) < 4.78 is 19.5. The first-order valence-corrected chi connectivity index (χ1v) is 16.4. The van der Waals surface area contributed by atoms with Crippen LogP contribution in [0.1, 0.15) is 102 Å². The Balaban J connectivity index is 0.00000139. The maximum Gasteiger partial charge on any atom is 0.204 e. The van der Waals surface area contributed by atoms with Gasteiger partial charge in [-0.25, -0.2) is 4.39 Å². The quantitative estimate of drug-likeness (QED) is 0.180. The molecule has 0 radical (unpaired) electrons. The van der Waals surface area contributed by atoms with Crippen LogP contribution in [0.5, 0.6) is 5.75 Å². The van der Waals surface area contributed by atoms with Gasteiger partial charge >= 0.3 is 0 Å². The Bertz CT molecular complexity index is 1460. The molecule has 1 aliphatic heterocycles. The number of aromatic hydroxyl groups is 1. The molecule has 250 valence electrons. The topological polar surface area (TPSA) is 101 Å². The van der Waals surface area contributed by atoms with Gasteiger partial charge < -0.3 is 20.5 Å². The van der Waals surface area contributed by atoms with E-state index in [1.807, 2.05) is 31.0 Å². The molecule has 1 saturated carbocycles. The van der Waals surface area contributed by atoms with Gasteiger partial charge in [0, 0.05) is 47.9 Å². The number of nitrogens with zero attached hydrogens (tertiary/aromatic N) is 3. The summed E-state index contributed by atoms with van der Waals surface area (Å²) in [5.74, 6) is 0.857. The van der Waals surface area contributed by atoms with Gasteiger partial charge in [0.05, 0.1) is 18.5 Å². The lowest BCUT2D eigenvalue weighted by Crippen LogP contribution is -2.17. The monoisotopic (exact) mass is 632 g/mol. The van der Waals surface area contributed by atoms with Gasteiger partial charge in [-0.2, -0.15) is 0 Å². The SMILES string of the molecule is C=C1C(OC)=CC(C=NCC(CCC)c2cc(C(C)CC)c(C)c(-c3ccc(F)c(O)c3)n2)=CN1/C=C(\C)C1CC1.CC.NC=O. The molecule has 1 aromatic heterocycles. The summed E-state index contributed by atoms with van der Waals surface area (Å²) in [5, 5.41) is 10.1. The van der Waals surface area contributed by atoms with Gasteiger partial charge in [-0.1, -0.05) is 53.2 Å². The molecule has 2 heterocycles. The highest BCUT2D eigenvalue weighted by molar-refractivity contribution is 5.83. The first-order chi connectivity index (χ1) is 22.1. The first kappa shape index (κ1) is 38.0. The van der Waals surface area contributed by atoms with E-state index >= 15 is 0 Å². The second-order valence-corrected chi connectivity index (χ2v) is 11.5. The molecule has 2 atom stereocenters. The lowest BCUT2D eigenvalue weighted by Gasteiger charge is -2.25. The van der Waals surface area contributed by atoms with E-state index in [1.54, 1.807) is 13.2 Å². The fourth-order valence-electron chi connectivity index (χ4n) is 5.36. The second-order valence-electron chi connectivity index (χ2n) is 11.5. The number of amides is 1. The zero-order chi connectivity index (χ0) is 34.4. The Morgan fingerprint density at radius 3 is 2.52 bits per heavy atom. The van der Waals surface area contributed by atoms with Gasteiger partial charge in [-0.05, 0) is 92.8 Å². The van der Waals surface area contributed by atoms with E-state index in [9.17, 15) is 9.50 Å². The van der Waals surface area contributed by atoms with Crippen molar-refractivity contribution in [3.8, 4) is 17.0 Å². The minimum Gasteiger partial charge on any atom is -0.505 e. The van der Waals surface area contributed by atoms with Gasteiger partial charge in [0.1, 0.15) is 5.76 Å². The number of primary amides is 1. The van der Waals surface area contributed by atoms with Crippen LogP contribution >= 0.6 is 0 Å². The molecule has 1 fully saturated rings. The number of benzene rings is 1. The zero-order valence-corrected chi connectivity index (χ0v) is 28.9. The Labute approximate surface area is 275 Å². The number of pyridine rings is 1. The molecule has 2 unspecified atom stereocenters. The largest absolute Gasteiger partial charge is 0.505 e. The number of methoxy groups -OCH3 is 1. The number of phenols is 1. The summed E-state index contributed by atoms with van der Waals surface area (Å²) in [6.07, 6.45) is 13.8. The van der Waals surface area contributed by atoms with Crippen molar-refractivity contribution in [2.24, 2.45) is 16.6 Å². The summed E-state index contributed by atoms with van der Waals surface area (Å²) in [5.41, 5.74) is 12.1. The molecule has 8 heteroatoms. The van der Waals surface area contributed by atoms with Crippen LogP contribution in [0, 0.1) is 18.7 Å². The second kappa shape index (κ2) is 18.7. The number of rotatable bonds is 12. The van der Waals surface area contributed by atoms with Crippen molar-refractivity contribution in [1.29, 1.82) is 0 Å². The molecule has 3 N–H and O–H groups in total. The molecule has 0 saturated heterocycles. The molecule has 0 spiro atoms. The van der Waals surface area contributed by atoms with Crippen molar-refractivity contribution in [3.63, 3.8) is 0 Å². The van der Waals surface area contributed by atoms with Crippen molar-refractivity contribution in [2.75, 3.05) is 13.7 Å². The van der Waals surface area contributed by atoms with Crippen LogP contribution in [0.15, 0.2) is 76.9 Å². The van der Waals surface area contributed by atoms with E-state index in [-0.39, 0.29) is 18.1 Å². The van der Waals surface area contributed by atoms with Crippen molar-refractivity contribution in [3.05, 3.63) is 94.6 Å². The number of carbonyl (C=O) groups is 1. The summed E-state index contributed by atoms with van der Waals surface area (Å²) >= 11 is 0. The smallest absolute Gasteiger partial charge is 0.204 e. The predicted molar refractivity (Wildman–Crippen MR) is 188 cm³/mol. The third-order valence-corrected chi connectivity index (χ3v) is 8.28. The van der Waals surface area contributed by atoms with Crippen LogP contribution in [-0.4, -0.2) is 41.3 Å². The molecule has 7 nitrogen and oxygen atoms in total. The van der Waals surface area contributed by atoms with Gasteiger partial charge in [-0.3, -0.25) is 14.8 Å². The van der Waals surface area contributed by atoms with Crippen molar-refractivity contribution >= 4 is 12.6 Å². The van der Waals surface area contributed by atoms with Crippen LogP contribution in [0.2, 0.25) is 0 Å². The molecular formula is C38H53FN4O3. The first-order valence-electron chi connectivity index (χ1n) is 16.4. The maximum absolute atomic E-state index is 13.9. The standard InChI is InChI=1S/C35H44FN3O2.C2H6.CH3NO/c1-8-10-29(19-37-18-26-15-34(41-7)25(6)39(21-26)20-23(4)27-11-12-27)32-17-30(22(3)9-2)24(5)35(38-32)28-13-14-31(36)33(40)16-28;1-2;2-1-3/h13-18,20-22,27,29,40H,6,8-12,19H2,1-5,7H3;1-2H3;1H,(H2,2,3)/b23-20+,37-18?;;. The molecule has 2 aromatic rings. The number of aromatic nitrogens is 1. The van der Waals surface area contributed by atoms with Crippen LogP contribution in [-0.2, 0) is 9.53 Å². The Hall–Kier alpha value is -4.20. The number of nitrogens with two attached hydrogens (primary N) is 1. The molecule has 0 bridgehead atoms. The Kier molecular flexibility index (Phi) is 15.4. The molecule has 1 amide bonds. The van der Waals surface area contributed by atoms with E-state index in [1.165, 1.54) is 36.1 Å². The number of halogens is 1. The van der Waals surface area contributed by atoms with Gasteiger partial charge in [0.25, 0.3) is 0 Å². The molecule has 4 rings (SSSR count). The molecule has 2 aliphatic rings. The minimum absolute atomic E-state index is 0.116. The average molecular weight is 633 g/mol. The lowest BCUT2D eigenvalue weighted by atomic mass is 9.88. The lowest BCUT2D eigenvalue weighted by molar-refractivity contribution is -0.106. The predicted octanol–water partition coefficient (Wildman–Crippen LogP) is 9.05. The van der Waals surface area contributed by atoms with Crippen molar-refractivity contribution in [1.82, 2.24) is 9.88 Å². The zero-order valence-electron chi connectivity index (χ0n) is 28.9. The summed E-state index contributed by atoms with van der Waals surface area (Å²) in [4.78, 5) is 20.6. The number of aliphatic imine (C=N–C) groups is 1. The van der Waals surface area contributed by atoms with Crippen LogP contribution < -0.4 is 5.73 Å². The van der Waals surface area contributed by atoms with Crippen LogP contribution in [0.3, 0.4) is 0 Å². The highest BCUT2D eigenvalue weighted by Gasteiger charge is 2.25. The Morgan fingerprint density at radius 1 is 1.28 bits per heavy atom. The molecule has 46 heavy (non-hydrogen) atoms. The fraction of sp³-hybridized carbons (Fsp3) is 0.447. The molecule has 1 aromatic carbocycles. The summed E-state index contributed by atoms with van der Waals surface area (Å²) in [6, 6.07) is 6.69. The van der Waals surface area contributed by atoms with Gasteiger partial charge in [-0.15, -0.1) is 0 Å². The van der Waals surface area contributed by atoms with E-state index < -0.39 is 5.82 Å². The number of allylic oxidation sites excluding steroid dienone is 3. The number of hydrogen-bond acceptors (Lipinski definition) is 6. The van der Waals surface area contributed by atoms with E-state index in [2.05, 4.69) is 65.4 Å². The van der Waals surface area contributed by atoms with Crippen LogP contribution in [0.4, 0.5) is 4.39 Å². The van der Waals surface area contributed by atoms with Crippen LogP contribution in [0.25, 0.3) is 11.3 Å². The Morgan fingerprint density at radius 2 is 1.96 bits per heavy atom. The van der Waals surface area contributed by atoms with E-state index in [0.29, 0.717) is 23.9 Å². The fourth-order valence-corrected chi connectivity index (χ4v) is 5.36. The van der Waals surface area contributed by atoms with Crippen molar-refractivity contribution < 1.29 is 19.0 Å². The average Bonchev–Trinajstić information content (AvgIpc) is 3.90. The third-order valence-electron chi connectivity index (χ3n) is 8.28. The third kappa shape index (κ3) is 10.2. The molecule has 1 aliphatic carbocycles. The number of ether oxygens (including phenoxy) is 1. The summed E-state index contributed by atoms with van der Waals surface area (Å²) in [6.45, 7) is 19.6. The van der Waals surface area contributed by atoms with E-state index in [0.717, 1.165) is 53.2 Å². The van der Waals surface area contributed by atoms with Crippen molar-refractivity contribution in [2.45, 2.75) is 92.4 Å². The highest BCUT2D eigenvalue weighted by Crippen LogP contribution is 2.38. The normalized spacial score (nSPS) is 16.0. The number of carbonyl (C=O) groups excluding carboxylic acids is 1. The number of hydrogen-bond donors (Lipinski definition) is 2. The minimum atomic E-state index is -0.633. The highest BCUT2D eigenvalue weighted by atomic mass is 19.1. The summed E-state index contributed by atoms with van der Waals surface area (Å²) in [7, 11) is 1.67. The van der Waals surface area contributed by atoms with Gasteiger partial charge in [0.15, 0.2) is 11.6 Å². The number of phenolic OH excluding ortho intramolecular Hbond substituents is 1. The maximum atomic E-state index is 13.9.